The highest BCUT2D eigenvalue weighted by Crippen LogP contribution is 2.19. The molecular weight excluding hydrogens is 388 g/mol. The van der Waals surface area contributed by atoms with E-state index >= 15 is 0 Å². The van der Waals surface area contributed by atoms with Crippen LogP contribution in [0.15, 0.2) is 84.9 Å². The van der Waals surface area contributed by atoms with Crippen molar-refractivity contribution in [2.75, 3.05) is 17.2 Å². The minimum atomic E-state index is -0.253. The summed E-state index contributed by atoms with van der Waals surface area (Å²) < 4.78 is 5.25. The third-order valence-electron chi connectivity index (χ3n) is 4.73. The first-order chi connectivity index (χ1) is 15.2. The van der Waals surface area contributed by atoms with E-state index in [0.29, 0.717) is 13.0 Å². The van der Waals surface area contributed by atoms with E-state index in [4.69, 9.17) is 4.74 Å². The fourth-order valence-electron chi connectivity index (χ4n) is 3.12. The molecule has 31 heavy (non-hydrogen) atoms. The number of esters is 1. The molecule has 5 heteroatoms. The van der Waals surface area contributed by atoms with E-state index < -0.39 is 0 Å². The summed E-state index contributed by atoms with van der Waals surface area (Å²) in [6, 6.07) is 27.5. The van der Waals surface area contributed by atoms with Crippen LogP contribution >= 0.6 is 0 Å². The topological polar surface area (TPSA) is 67.4 Å². The van der Waals surface area contributed by atoms with Crippen molar-refractivity contribution in [2.45, 2.75) is 32.1 Å². The minimum Gasteiger partial charge on any atom is -0.466 e. The van der Waals surface area contributed by atoms with Crippen LogP contribution in [0.25, 0.3) is 0 Å². The highest BCUT2D eigenvalue weighted by molar-refractivity contribution is 5.91. The van der Waals surface area contributed by atoms with Gasteiger partial charge in [-0.2, -0.15) is 0 Å². The van der Waals surface area contributed by atoms with Crippen LogP contribution in [0.3, 0.4) is 0 Å². The molecule has 1 amide bonds. The van der Waals surface area contributed by atoms with Crippen molar-refractivity contribution >= 4 is 28.9 Å². The third-order valence-corrected chi connectivity index (χ3v) is 4.73. The number of anilines is 3. The van der Waals surface area contributed by atoms with Gasteiger partial charge in [0.2, 0.25) is 5.91 Å². The SMILES string of the molecule is O=C(CCCC(=O)OCCCc1ccccc1)Nc1ccc(Nc2ccccc2)cc1. The Balaban J connectivity index is 1.28. The fraction of sp³-hybridized carbons (Fsp3) is 0.231. The van der Waals surface area contributed by atoms with Crippen molar-refractivity contribution in [1.82, 2.24) is 0 Å². The molecule has 0 aliphatic carbocycles. The zero-order valence-corrected chi connectivity index (χ0v) is 17.6. The van der Waals surface area contributed by atoms with Gasteiger partial charge in [-0.15, -0.1) is 0 Å². The summed E-state index contributed by atoms with van der Waals surface area (Å²) in [5.41, 5.74) is 3.91. The number of nitrogens with one attached hydrogen (secondary N) is 2. The Bertz CT molecular complexity index is 941. The summed E-state index contributed by atoms with van der Waals surface area (Å²) in [5, 5.41) is 6.16. The smallest absolute Gasteiger partial charge is 0.305 e. The summed E-state index contributed by atoms with van der Waals surface area (Å²) in [4.78, 5) is 23.9. The molecule has 0 aromatic heterocycles. The first kappa shape index (κ1) is 22.1. The Labute approximate surface area is 183 Å². The lowest BCUT2D eigenvalue weighted by molar-refractivity contribution is -0.143. The molecule has 0 unspecified atom stereocenters. The lowest BCUT2D eigenvalue weighted by atomic mass is 10.1. The van der Waals surface area contributed by atoms with Gasteiger partial charge >= 0.3 is 5.97 Å². The largest absolute Gasteiger partial charge is 0.466 e. The number of rotatable bonds is 11. The van der Waals surface area contributed by atoms with Gasteiger partial charge in [0.1, 0.15) is 0 Å². The molecule has 5 nitrogen and oxygen atoms in total. The van der Waals surface area contributed by atoms with Crippen molar-refractivity contribution in [3.63, 3.8) is 0 Å². The lowest BCUT2D eigenvalue weighted by Gasteiger charge is -2.09. The molecule has 0 saturated carbocycles. The van der Waals surface area contributed by atoms with Gasteiger partial charge in [-0.3, -0.25) is 9.59 Å². The van der Waals surface area contributed by atoms with E-state index in [-0.39, 0.29) is 24.7 Å². The van der Waals surface area contributed by atoms with E-state index in [1.165, 1.54) is 5.56 Å². The van der Waals surface area contributed by atoms with Gasteiger partial charge in [-0.1, -0.05) is 48.5 Å². The van der Waals surface area contributed by atoms with Crippen molar-refractivity contribution in [2.24, 2.45) is 0 Å². The Morgan fingerprint density at radius 2 is 1.29 bits per heavy atom. The molecule has 3 aromatic rings. The second kappa shape index (κ2) is 12.2. The number of hydrogen-bond donors (Lipinski definition) is 2. The molecular formula is C26H28N2O3. The van der Waals surface area contributed by atoms with Crippen LogP contribution in [0.2, 0.25) is 0 Å². The maximum Gasteiger partial charge on any atom is 0.305 e. The molecule has 3 aromatic carbocycles. The van der Waals surface area contributed by atoms with Crippen molar-refractivity contribution in [3.05, 3.63) is 90.5 Å². The van der Waals surface area contributed by atoms with Crippen LogP contribution in [0.4, 0.5) is 17.1 Å². The average molecular weight is 417 g/mol. The lowest BCUT2D eigenvalue weighted by Crippen LogP contribution is -2.13. The standard InChI is InChI=1S/C26H28N2O3/c29-25(14-7-15-26(30)31-20-8-11-21-9-3-1-4-10-21)28-24-18-16-23(17-19-24)27-22-12-5-2-6-13-22/h1-6,9-10,12-13,16-19,27H,7-8,11,14-15,20H2,(H,28,29). The molecule has 0 fully saturated rings. The number of hydrogen-bond acceptors (Lipinski definition) is 4. The quantitative estimate of drug-likeness (QED) is 0.310. The van der Waals surface area contributed by atoms with Crippen LogP contribution in [-0.2, 0) is 20.7 Å². The molecule has 3 rings (SSSR count). The molecule has 0 aliphatic heterocycles. The number of para-hydroxylation sites is 1. The molecule has 160 valence electrons. The monoisotopic (exact) mass is 416 g/mol. The molecule has 0 bridgehead atoms. The maximum absolute atomic E-state index is 12.1. The van der Waals surface area contributed by atoms with Crippen LogP contribution in [0.1, 0.15) is 31.2 Å². The van der Waals surface area contributed by atoms with Gasteiger partial charge in [-0.25, -0.2) is 0 Å². The Morgan fingerprint density at radius 3 is 2.00 bits per heavy atom. The minimum absolute atomic E-state index is 0.111. The Hall–Kier alpha value is -3.60. The van der Waals surface area contributed by atoms with Crippen molar-refractivity contribution < 1.29 is 14.3 Å². The summed E-state index contributed by atoms with van der Waals surface area (Å²) >= 11 is 0. The van der Waals surface area contributed by atoms with E-state index in [1.807, 2.05) is 72.8 Å². The molecule has 0 heterocycles. The molecule has 0 saturated heterocycles. The number of carbonyl (C=O) groups is 2. The molecule has 2 N–H and O–H groups in total. The molecule has 0 aliphatic rings. The van der Waals surface area contributed by atoms with Gasteiger partial charge in [0, 0.05) is 29.9 Å². The number of ether oxygens (including phenoxy) is 1. The molecule has 0 spiro atoms. The fourth-order valence-corrected chi connectivity index (χ4v) is 3.12. The van der Waals surface area contributed by atoms with Gasteiger partial charge in [0.15, 0.2) is 0 Å². The van der Waals surface area contributed by atoms with Crippen molar-refractivity contribution in [3.8, 4) is 0 Å². The van der Waals surface area contributed by atoms with Gasteiger partial charge in [0.05, 0.1) is 6.61 Å². The number of carbonyl (C=O) groups excluding carboxylic acids is 2. The Morgan fingerprint density at radius 1 is 0.677 bits per heavy atom. The normalized spacial score (nSPS) is 10.3. The van der Waals surface area contributed by atoms with Gasteiger partial charge in [0.25, 0.3) is 0 Å². The molecule has 0 radical (unpaired) electrons. The van der Waals surface area contributed by atoms with E-state index in [1.54, 1.807) is 0 Å². The Kier molecular flexibility index (Phi) is 8.68. The van der Waals surface area contributed by atoms with Crippen molar-refractivity contribution in [1.29, 1.82) is 0 Å². The third kappa shape index (κ3) is 8.34. The zero-order valence-electron chi connectivity index (χ0n) is 17.6. The first-order valence-electron chi connectivity index (χ1n) is 10.6. The predicted octanol–water partition coefficient (Wildman–Crippen LogP) is 5.72. The van der Waals surface area contributed by atoms with Crippen LogP contribution in [0, 0.1) is 0 Å². The zero-order chi connectivity index (χ0) is 21.7. The number of amides is 1. The first-order valence-corrected chi connectivity index (χ1v) is 10.6. The highest BCUT2D eigenvalue weighted by atomic mass is 16.5. The maximum atomic E-state index is 12.1. The average Bonchev–Trinajstić information content (AvgIpc) is 2.79. The highest BCUT2D eigenvalue weighted by Gasteiger charge is 2.07. The van der Waals surface area contributed by atoms with Crippen LogP contribution < -0.4 is 10.6 Å². The second-order valence-corrected chi connectivity index (χ2v) is 7.28. The van der Waals surface area contributed by atoms with E-state index in [9.17, 15) is 9.59 Å². The number of aryl methyl sites for hydroxylation is 1. The predicted molar refractivity (Wildman–Crippen MR) is 124 cm³/mol. The summed E-state index contributed by atoms with van der Waals surface area (Å²) in [6.45, 7) is 0.406. The van der Waals surface area contributed by atoms with E-state index in [2.05, 4.69) is 22.8 Å². The molecule has 0 atom stereocenters. The summed E-state index contributed by atoms with van der Waals surface area (Å²) in [6.07, 6.45) is 2.68. The second-order valence-electron chi connectivity index (χ2n) is 7.28. The van der Waals surface area contributed by atoms with E-state index in [0.717, 1.165) is 29.9 Å². The number of benzene rings is 3. The van der Waals surface area contributed by atoms with Crippen LogP contribution in [0.5, 0.6) is 0 Å². The summed E-state index contributed by atoms with van der Waals surface area (Å²) in [7, 11) is 0. The van der Waals surface area contributed by atoms with Gasteiger partial charge < -0.3 is 15.4 Å². The summed E-state index contributed by atoms with van der Waals surface area (Å²) in [5.74, 6) is -0.363. The van der Waals surface area contributed by atoms with Gasteiger partial charge in [-0.05, 0) is 61.2 Å². The van der Waals surface area contributed by atoms with Crippen LogP contribution in [-0.4, -0.2) is 18.5 Å².